The number of carbonyl (C=O) groups excluding carboxylic acids is 1. The molecule has 3 aliphatic rings. The van der Waals surface area contributed by atoms with Gasteiger partial charge in [0, 0.05) is 42.7 Å². The molecule has 1 aliphatic heterocycles. The minimum absolute atomic E-state index is 0.0132. The highest BCUT2D eigenvalue weighted by Crippen LogP contribution is 2.32. The molecule has 11 heteroatoms. The van der Waals surface area contributed by atoms with Gasteiger partial charge in [0.25, 0.3) is 0 Å². The Bertz CT molecular complexity index is 1550. The summed E-state index contributed by atoms with van der Waals surface area (Å²) in [5, 5.41) is 6.51. The van der Waals surface area contributed by atoms with Gasteiger partial charge in [-0.1, -0.05) is 18.2 Å². The summed E-state index contributed by atoms with van der Waals surface area (Å²) in [6.07, 6.45) is 12.1. The van der Waals surface area contributed by atoms with Crippen LogP contribution in [0.1, 0.15) is 75.4 Å². The molecule has 6 rings (SSSR count). The van der Waals surface area contributed by atoms with Crippen molar-refractivity contribution in [1.29, 1.82) is 0 Å². The maximum absolute atomic E-state index is 14.8. The first-order valence-corrected chi connectivity index (χ1v) is 16.5. The Morgan fingerprint density at radius 1 is 1.04 bits per heavy atom. The number of rotatable bonds is 11. The summed E-state index contributed by atoms with van der Waals surface area (Å²) in [5.74, 6) is 1.43. The SMILES string of the molecule is CCOc1ccccc1OCCCC1CCCN(C(=O)N[C@H]2CCC[C@@H](Nc3nc(C4=CCc5ncc(F)cc54)ncc3F)C2)C1. The maximum Gasteiger partial charge on any atom is 0.317 e. The van der Waals surface area contributed by atoms with Crippen LogP contribution in [0.3, 0.4) is 0 Å². The number of hydrogen-bond acceptors (Lipinski definition) is 7. The molecule has 2 amide bonds. The van der Waals surface area contributed by atoms with Crippen LogP contribution in [0.4, 0.5) is 19.4 Å². The standard InChI is InChI=1S/C35H42F2N6O3/c1-2-45-31-12-3-4-13-32(31)46-17-7-9-23-8-6-16-43(22-23)35(44)41-26-11-5-10-25(19-26)40-34-29(37)21-39-33(42-34)27-14-15-30-28(27)18-24(36)20-38-30/h3-4,12-14,18,20-21,23,25-26H,2,5-11,15-17,19,22H2,1H3,(H,41,44)(H,39,40,42)/t23?,25-,26+/m1/s1. The van der Waals surface area contributed by atoms with Crippen LogP contribution in [0.5, 0.6) is 11.5 Å². The number of aromatic nitrogens is 3. The fraction of sp³-hybridized carbons (Fsp3) is 0.486. The van der Waals surface area contributed by atoms with Crippen LogP contribution in [0, 0.1) is 17.6 Å². The van der Waals surface area contributed by atoms with Gasteiger partial charge in [-0.25, -0.2) is 23.5 Å². The van der Waals surface area contributed by atoms with E-state index in [9.17, 15) is 13.6 Å². The van der Waals surface area contributed by atoms with Crippen molar-refractivity contribution < 1.29 is 23.0 Å². The summed E-state index contributed by atoms with van der Waals surface area (Å²) in [6, 6.07) is 9.05. The highest BCUT2D eigenvalue weighted by atomic mass is 19.1. The molecule has 0 radical (unpaired) electrons. The topological polar surface area (TPSA) is 102 Å². The van der Waals surface area contributed by atoms with Gasteiger partial charge in [0.15, 0.2) is 29.0 Å². The molecule has 1 aromatic carbocycles. The molecule has 9 nitrogen and oxygen atoms in total. The lowest BCUT2D eigenvalue weighted by Crippen LogP contribution is -2.50. The molecule has 3 aromatic rings. The first-order chi connectivity index (χ1) is 22.5. The number of benzene rings is 1. The predicted molar refractivity (Wildman–Crippen MR) is 172 cm³/mol. The van der Waals surface area contributed by atoms with Gasteiger partial charge in [-0.05, 0) is 82.4 Å². The van der Waals surface area contributed by atoms with Crippen molar-refractivity contribution in [3.63, 3.8) is 0 Å². The highest BCUT2D eigenvalue weighted by Gasteiger charge is 2.29. The van der Waals surface area contributed by atoms with Crippen LogP contribution in [0.15, 0.2) is 48.8 Å². The van der Waals surface area contributed by atoms with Gasteiger partial charge in [0.2, 0.25) is 0 Å². The van der Waals surface area contributed by atoms with Gasteiger partial charge in [-0.15, -0.1) is 0 Å². The number of urea groups is 1. The van der Waals surface area contributed by atoms with E-state index in [2.05, 4.69) is 25.6 Å². The van der Waals surface area contributed by atoms with E-state index in [1.807, 2.05) is 42.2 Å². The molecule has 46 heavy (non-hydrogen) atoms. The number of halogens is 2. The van der Waals surface area contributed by atoms with Crippen molar-refractivity contribution in [1.82, 2.24) is 25.2 Å². The van der Waals surface area contributed by atoms with Crippen LogP contribution in [0.25, 0.3) is 5.57 Å². The largest absolute Gasteiger partial charge is 0.490 e. The number of pyridine rings is 1. The molecule has 3 atom stereocenters. The second kappa shape index (κ2) is 14.9. The molecular weight excluding hydrogens is 590 g/mol. The van der Waals surface area contributed by atoms with Crippen LogP contribution < -0.4 is 20.1 Å². The third-order valence-electron chi connectivity index (χ3n) is 9.02. The van der Waals surface area contributed by atoms with Gasteiger partial charge >= 0.3 is 6.03 Å². The summed E-state index contributed by atoms with van der Waals surface area (Å²) in [6.45, 7) is 4.65. The normalized spacial score (nSPS) is 20.9. The first-order valence-electron chi connectivity index (χ1n) is 16.5. The van der Waals surface area contributed by atoms with Crippen LogP contribution >= 0.6 is 0 Å². The molecule has 3 heterocycles. The molecule has 2 N–H and O–H groups in total. The molecule has 0 bridgehead atoms. The molecule has 1 unspecified atom stereocenters. The van der Waals surface area contributed by atoms with E-state index in [0.29, 0.717) is 48.9 Å². The summed E-state index contributed by atoms with van der Waals surface area (Å²) >= 11 is 0. The lowest BCUT2D eigenvalue weighted by atomic mass is 9.90. The van der Waals surface area contributed by atoms with Crippen molar-refractivity contribution in [2.75, 3.05) is 31.6 Å². The van der Waals surface area contributed by atoms with Crippen LogP contribution in [0.2, 0.25) is 0 Å². The maximum atomic E-state index is 14.8. The number of para-hydroxylation sites is 2. The zero-order valence-corrected chi connectivity index (χ0v) is 26.3. The number of piperidine rings is 1. The smallest absolute Gasteiger partial charge is 0.317 e. The fourth-order valence-corrected chi connectivity index (χ4v) is 6.78. The summed E-state index contributed by atoms with van der Waals surface area (Å²) < 4.78 is 40.3. The average Bonchev–Trinajstić information content (AvgIpc) is 3.48. The van der Waals surface area contributed by atoms with E-state index in [-0.39, 0.29) is 23.9 Å². The number of allylic oxidation sites excluding steroid dienone is 1. The predicted octanol–water partition coefficient (Wildman–Crippen LogP) is 6.54. The number of nitrogens with one attached hydrogen (secondary N) is 2. The van der Waals surface area contributed by atoms with Crippen LogP contribution in [-0.4, -0.2) is 64.3 Å². The molecule has 2 fully saturated rings. The molecule has 1 saturated carbocycles. The van der Waals surface area contributed by atoms with E-state index >= 15 is 0 Å². The Morgan fingerprint density at radius 2 is 1.87 bits per heavy atom. The van der Waals surface area contributed by atoms with Gasteiger partial charge in [0.05, 0.1) is 31.3 Å². The molecule has 0 spiro atoms. The van der Waals surface area contributed by atoms with Crippen molar-refractivity contribution >= 4 is 17.4 Å². The van der Waals surface area contributed by atoms with Crippen molar-refractivity contribution in [2.45, 2.75) is 76.8 Å². The number of amides is 2. The number of ether oxygens (including phenoxy) is 2. The number of fused-ring (bicyclic) bond motifs is 1. The first kappa shape index (κ1) is 31.7. The van der Waals surface area contributed by atoms with E-state index in [4.69, 9.17) is 9.47 Å². The van der Waals surface area contributed by atoms with E-state index in [1.165, 1.54) is 12.3 Å². The Kier molecular flexibility index (Phi) is 10.2. The Hall–Kier alpha value is -4.28. The third-order valence-corrected chi connectivity index (χ3v) is 9.02. The number of carbonyl (C=O) groups is 1. The Morgan fingerprint density at radius 3 is 2.72 bits per heavy atom. The lowest BCUT2D eigenvalue weighted by molar-refractivity contribution is 0.153. The van der Waals surface area contributed by atoms with Gasteiger partial charge < -0.3 is 25.0 Å². The summed E-state index contributed by atoms with van der Waals surface area (Å²) in [5.41, 5.74) is 2.03. The van der Waals surface area contributed by atoms with Gasteiger partial charge in [0.1, 0.15) is 5.82 Å². The lowest BCUT2D eigenvalue weighted by Gasteiger charge is -2.36. The number of anilines is 1. The molecule has 2 aliphatic carbocycles. The number of nitrogens with zero attached hydrogens (tertiary/aromatic N) is 4. The van der Waals surface area contributed by atoms with Crippen molar-refractivity contribution in [3.05, 3.63) is 77.5 Å². The van der Waals surface area contributed by atoms with Crippen LogP contribution in [-0.2, 0) is 6.42 Å². The summed E-state index contributed by atoms with van der Waals surface area (Å²) in [4.78, 5) is 28.1. The zero-order chi connectivity index (χ0) is 31.9. The average molecular weight is 633 g/mol. The highest BCUT2D eigenvalue weighted by molar-refractivity contribution is 5.81. The quantitative estimate of drug-likeness (QED) is 0.232. The fourth-order valence-electron chi connectivity index (χ4n) is 6.78. The summed E-state index contributed by atoms with van der Waals surface area (Å²) in [7, 11) is 0. The number of likely N-dealkylation sites (tertiary alicyclic amines) is 1. The van der Waals surface area contributed by atoms with E-state index < -0.39 is 11.6 Å². The Labute approximate surface area is 268 Å². The number of hydrogen-bond donors (Lipinski definition) is 2. The molecule has 2 aromatic heterocycles. The minimum Gasteiger partial charge on any atom is -0.490 e. The second-order valence-electron chi connectivity index (χ2n) is 12.3. The van der Waals surface area contributed by atoms with Gasteiger partial charge in [-0.3, -0.25) is 4.98 Å². The van der Waals surface area contributed by atoms with Crippen molar-refractivity contribution in [3.8, 4) is 11.5 Å². The van der Waals surface area contributed by atoms with E-state index in [0.717, 1.165) is 81.4 Å². The van der Waals surface area contributed by atoms with E-state index in [1.54, 1.807) is 0 Å². The monoisotopic (exact) mass is 632 g/mol. The zero-order valence-electron chi connectivity index (χ0n) is 26.3. The molecule has 244 valence electrons. The molecular formula is C35H42F2N6O3. The third kappa shape index (κ3) is 7.74. The van der Waals surface area contributed by atoms with Gasteiger partial charge in [-0.2, -0.15) is 0 Å². The Balaban J connectivity index is 0.980. The molecule has 1 saturated heterocycles. The minimum atomic E-state index is -0.547. The van der Waals surface area contributed by atoms with Crippen molar-refractivity contribution in [2.24, 2.45) is 5.92 Å². The second-order valence-corrected chi connectivity index (χ2v) is 12.3.